The van der Waals surface area contributed by atoms with Crippen molar-refractivity contribution in [2.75, 3.05) is 5.73 Å². The van der Waals surface area contributed by atoms with E-state index in [9.17, 15) is 12.8 Å². The van der Waals surface area contributed by atoms with Crippen molar-refractivity contribution in [1.29, 1.82) is 0 Å². The smallest absolute Gasteiger partial charge is 0.240 e. The minimum absolute atomic E-state index is 0.122. The molecule has 0 bridgehead atoms. The van der Waals surface area contributed by atoms with Crippen LogP contribution in [0.3, 0.4) is 0 Å². The molecule has 21 heavy (non-hydrogen) atoms. The maximum absolute atomic E-state index is 13.6. The van der Waals surface area contributed by atoms with Gasteiger partial charge in [-0.2, -0.15) is 0 Å². The van der Waals surface area contributed by atoms with Crippen LogP contribution in [0.15, 0.2) is 17.0 Å². The molecule has 6 heteroatoms. The van der Waals surface area contributed by atoms with Gasteiger partial charge in [0.15, 0.2) is 0 Å². The summed E-state index contributed by atoms with van der Waals surface area (Å²) in [6.07, 6.45) is 5.13. The first-order valence-electron chi connectivity index (χ1n) is 7.36. The average molecular weight is 316 g/mol. The number of nitrogens with two attached hydrogens (primary N) is 1. The first-order chi connectivity index (χ1) is 9.77. The summed E-state index contributed by atoms with van der Waals surface area (Å²) < 4.78 is 40.6. The molecule has 120 valence electrons. The Kier molecular flexibility index (Phi) is 6.61. The highest BCUT2D eigenvalue weighted by Crippen LogP contribution is 2.21. The van der Waals surface area contributed by atoms with Gasteiger partial charge in [-0.1, -0.05) is 32.6 Å². The largest absolute Gasteiger partial charge is 0.398 e. The Labute approximate surface area is 127 Å². The third-order valence-electron chi connectivity index (χ3n) is 3.52. The zero-order valence-electron chi connectivity index (χ0n) is 12.9. The van der Waals surface area contributed by atoms with Crippen molar-refractivity contribution in [3.8, 4) is 0 Å². The molecule has 0 aliphatic carbocycles. The van der Waals surface area contributed by atoms with Crippen LogP contribution in [0.1, 0.15) is 51.5 Å². The van der Waals surface area contributed by atoms with Crippen molar-refractivity contribution in [1.82, 2.24) is 4.72 Å². The molecule has 0 amide bonds. The predicted octanol–water partition coefficient (Wildman–Crippen LogP) is 3.35. The van der Waals surface area contributed by atoms with E-state index in [0.29, 0.717) is 0 Å². The second-order valence-corrected chi connectivity index (χ2v) is 7.20. The summed E-state index contributed by atoms with van der Waals surface area (Å²) in [6, 6.07) is 2.12. The van der Waals surface area contributed by atoms with Crippen LogP contribution >= 0.6 is 0 Å². The molecule has 0 heterocycles. The van der Waals surface area contributed by atoms with Crippen LogP contribution in [-0.2, 0) is 10.0 Å². The van der Waals surface area contributed by atoms with Crippen LogP contribution in [0.2, 0.25) is 0 Å². The van der Waals surface area contributed by atoms with Gasteiger partial charge in [-0.15, -0.1) is 0 Å². The number of anilines is 1. The van der Waals surface area contributed by atoms with E-state index in [4.69, 9.17) is 5.73 Å². The summed E-state index contributed by atoms with van der Waals surface area (Å²) in [4.78, 5) is -0.122. The molecule has 0 saturated heterocycles. The lowest BCUT2D eigenvalue weighted by atomic mass is 10.1. The molecule has 1 atom stereocenters. The van der Waals surface area contributed by atoms with Crippen LogP contribution in [-0.4, -0.2) is 14.5 Å². The number of rotatable bonds is 8. The quantitative estimate of drug-likeness (QED) is 0.570. The van der Waals surface area contributed by atoms with E-state index < -0.39 is 15.8 Å². The summed E-state index contributed by atoms with van der Waals surface area (Å²) in [5.74, 6) is -0.606. The summed E-state index contributed by atoms with van der Waals surface area (Å²) in [5.41, 5.74) is 6.04. The van der Waals surface area contributed by atoms with Crippen molar-refractivity contribution < 1.29 is 12.8 Å². The van der Waals surface area contributed by atoms with E-state index in [1.165, 1.54) is 13.0 Å². The van der Waals surface area contributed by atoms with Gasteiger partial charge in [-0.25, -0.2) is 17.5 Å². The number of hydrogen-bond acceptors (Lipinski definition) is 3. The highest BCUT2D eigenvalue weighted by atomic mass is 32.2. The fraction of sp³-hybridized carbons (Fsp3) is 0.600. The van der Waals surface area contributed by atoms with Crippen LogP contribution in [0.4, 0.5) is 10.1 Å². The molecule has 0 fully saturated rings. The molecule has 1 aromatic carbocycles. The van der Waals surface area contributed by atoms with Crippen LogP contribution in [0.5, 0.6) is 0 Å². The fourth-order valence-electron chi connectivity index (χ4n) is 2.10. The van der Waals surface area contributed by atoms with Gasteiger partial charge in [-0.05, 0) is 32.4 Å². The molecular weight excluding hydrogens is 291 g/mol. The molecule has 0 radical (unpaired) electrons. The Hall–Kier alpha value is -1.14. The minimum atomic E-state index is -3.73. The SMILES string of the molecule is CCCCCCC(C)NS(=O)(=O)c1cc(N)c(C)c(F)c1. The van der Waals surface area contributed by atoms with Gasteiger partial charge in [0.05, 0.1) is 4.90 Å². The van der Waals surface area contributed by atoms with Gasteiger partial charge < -0.3 is 5.73 Å². The van der Waals surface area contributed by atoms with Gasteiger partial charge in [0.1, 0.15) is 5.82 Å². The second-order valence-electron chi connectivity index (χ2n) is 5.49. The Bertz CT molecular complexity index is 550. The number of nitrogens with one attached hydrogen (secondary N) is 1. The number of benzene rings is 1. The number of nitrogen functional groups attached to an aromatic ring is 1. The highest BCUT2D eigenvalue weighted by molar-refractivity contribution is 7.89. The summed E-state index contributed by atoms with van der Waals surface area (Å²) >= 11 is 0. The average Bonchev–Trinajstić information content (AvgIpc) is 2.40. The fourth-order valence-corrected chi connectivity index (χ4v) is 3.42. The highest BCUT2D eigenvalue weighted by Gasteiger charge is 2.19. The molecule has 3 N–H and O–H groups in total. The van der Waals surface area contributed by atoms with Crippen molar-refractivity contribution >= 4 is 15.7 Å². The molecule has 1 aromatic rings. The molecule has 0 aromatic heterocycles. The van der Waals surface area contributed by atoms with Crippen molar-refractivity contribution in [2.24, 2.45) is 0 Å². The molecule has 4 nitrogen and oxygen atoms in total. The van der Waals surface area contributed by atoms with Crippen molar-refractivity contribution in [3.05, 3.63) is 23.5 Å². The minimum Gasteiger partial charge on any atom is -0.398 e. The Morgan fingerprint density at radius 3 is 2.52 bits per heavy atom. The van der Waals surface area contributed by atoms with Crippen LogP contribution < -0.4 is 10.5 Å². The first kappa shape index (κ1) is 17.9. The normalized spacial score (nSPS) is 13.3. The van der Waals surface area contributed by atoms with Gasteiger partial charge in [-0.3, -0.25) is 0 Å². The number of sulfonamides is 1. The maximum Gasteiger partial charge on any atom is 0.240 e. The standard InChI is InChI=1S/C15H25FN2O2S/c1-4-5-6-7-8-11(2)18-21(19,20)13-9-14(16)12(3)15(17)10-13/h9-11,18H,4-8,17H2,1-3H3. The van der Waals surface area contributed by atoms with E-state index in [0.717, 1.165) is 38.2 Å². The van der Waals surface area contributed by atoms with Gasteiger partial charge in [0, 0.05) is 17.3 Å². The van der Waals surface area contributed by atoms with E-state index >= 15 is 0 Å². The lowest BCUT2D eigenvalue weighted by Gasteiger charge is -2.15. The second kappa shape index (κ2) is 7.75. The predicted molar refractivity (Wildman–Crippen MR) is 84.1 cm³/mol. The zero-order chi connectivity index (χ0) is 16.0. The summed E-state index contributed by atoms with van der Waals surface area (Å²) in [5, 5.41) is 0. The molecule has 0 spiro atoms. The monoisotopic (exact) mass is 316 g/mol. The maximum atomic E-state index is 13.6. The Morgan fingerprint density at radius 2 is 1.95 bits per heavy atom. The van der Waals surface area contributed by atoms with Crippen LogP contribution in [0.25, 0.3) is 0 Å². The van der Waals surface area contributed by atoms with E-state index in [1.807, 2.05) is 6.92 Å². The van der Waals surface area contributed by atoms with E-state index in [1.54, 1.807) is 0 Å². The van der Waals surface area contributed by atoms with Gasteiger partial charge >= 0.3 is 0 Å². The summed E-state index contributed by atoms with van der Waals surface area (Å²) in [6.45, 7) is 5.46. The molecule has 0 saturated carbocycles. The third-order valence-corrected chi connectivity index (χ3v) is 5.08. The van der Waals surface area contributed by atoms with Crippen molar-refractivity contribution in [3.63, 3.8) is 0 Å². The lowest BCUT2D eigenvalue weighted by molar-refractivity contribution is 0.521. The lowest BCUT2D eigenvalue weighted by Crippen LogP contribution is -2.32. The zero-order valence-corrected chi connectivity index (χ0v) is 13.8. The molecule has 0 aliphatic rings. The molecule has 0 aliphatic heterocycles. The van der Waals surface area contributed by atoms with Gasteiger partial charge in [0.25, 0.3) is 0 Å². The molecule has 1 unspecified atom stereocenters. The molecular formula is C15H25FN2O2S. The van der Waals surface area contributed by atoms with Crippen molar-refractivity contribution in [2.45, 2.75) is 63.8 Å². The number of halogens is 1. The van der Waals surface area contributed by atoms with Gasteiger partial charge in [0.2, 0.25) is 10.0 Å². The number of hydrogen-bond donors (Lipinski definition) is 2. The van der Waals surface area contributed by atoms with Crippen LogP contribution in [0, 0.1) is 12.7 Å². The van der Waals surface area contributed by atoms with E-state index in [-0.39, 0.29) is 22.2 Å². The Morgan fingerprint density at radius 1 is 1.29 bits per heavy atom. The first-order valence-corrected chi connectivity index (χ1v) is 8.84. The van der Waals surface area contributed by atoms with E-state index in [2.05, 4.69) is 11.6 Å². The summed E-state index contributed by atoms with van der Waals surface area (Å²) in [7, 11) is -3.73. The third kappa shape index (κ3) is 5.28. The topological polar surface area (TPSA) is 72.2 Å². The Balaban J connectivity index is 2.73. The molecule has 1 rings (SSSR count). The number of unbranched alkanes of at least 4 members (excludes halogenated alkanes) is 3.